The van der Waals surface area contributed by atoms with Gasteiger partial charge in [0.25, 0.3) is 5.69 Å². The quantitative estimate of drug-likeness (QED) is 0.382. The van der Waals surface area contributed by atoms with Gasteiger partial charge in [-0.2, -0.15) is 13.7 Å². The number of benzene rings is 2. The smallest absolute Gasteiger partial charge is 0.346 e. The van der Waals surface area contributed by atoms with Crippen molar-refractivity contribution in [3.63, 3.8) is 0 Å². The van der Waals surface area contributed by atoms with E-state index in [1.807, 2.05) is 0 Å². The van der Waals surface area contributed by atoms with Gasteiger partial charge in [-0.3, -0.25) is 10.1 Å². The number of nitriles is 1. The zero-order valence-corrected chi connectivity index (χ0v) is 12.3. The van der Waals surface area contributed by atoms with Crippen LogP contribution < -0.4 is 4.18 Å². The van der Waals surface area contributed by atoms with E-state index in [9.17, 15) is 23.6 Å². The van der Waals surface area contributed by atoms with Gasteiger partial charge >= 0.3 is 10.1 Å². The van der Waals surface area contributed by atoms with Crippen molar-refractivity contribution < 1.29 is 22.6 Å². The Bertz CT molecular complexity index is 888. The summed E-state index contributed by atoms with van der Waals surface area (Å²) in [5.41, 5.74) is -0.692. The van der Waals surface area contributed by atoms with Crippen molar-refractivity contribution >= 4 is 15.8 Å². The van der Waals surface area contributed by atoms with Crippen LogP contribution in [0.1, 0.15) is 11.7 Å². The Kier molecular flexibility index (Phi) is 4.59. The molecule has 8 nitrogen and oxygen atoms in total. The molecule has 0 saturated heterocycles. The molecule has 0 aliphatic heterocycles. The third-order valence-electron chi connectivity index (χ3n) is 2.87. The van der Waals surface area contributed by atoms with E-state index in [1.54, 1.807) is 6.07 Å². The largest absolute Gasteiger partial charge is 0.378 e. The maximum absolute atomic E-state index is 12.3. The van der Waals surface area contributed by atoms with Gasteiger partial charge in [0, 0.05) is 11.6 Å². The molecule has 118 valence electrons. The van der Waals surface area contributed by atoms with Gasteiger partial charge in [-0.1, -0.05) is 30.3 Å². The zero-order chi connectivity index (χ0) is 17.0. The summed E-state index contributed by atoms with van der Waals surface area (Å²) in [6.07, 6.45) is -1.59. The topological polar surface area (TPSA) is 131 Å². The highest BCUT2D eigenvalue weighted by Gasteiger charge is 2.28. The average Bonchev–Trinajstić information content (AvgIpc) is 2.54. The molecule has 1 unspecified atom stereocenters. The molecule has 23 heavy (non-hydrogen) atoms. The summed E-state index contributed by atoms with van der Waals surface area (Å²) >= 11 is 0. The molecule has 0 saturated carbocycles. The Labute approximate surface area is 131 Å². The van der Waals surface area contributed by atoms with Crippen LogP contribution in [0, 0.1) is 21.4 Å². The van der Waals surface area contributed by atoms with Crippen molar-refractivity contribution in [1.82, 2.24) is 0 Å². The molecule has 0 aliphatic rings. The Morgan fingerprint density at radius 3 is 2.43 bits per heavy atom. The van der Waals surface area contributed by atoms with Crippen molar-refractivity contribution in [1.29, 1.82) is 5.26 Å². The minimum atomic E-state index is -4.52. The lowest BCUT2D eigenvalue weighted by Gasteiger charge is -2.12. The van der Waals surface area contributed by atoms with Crippen molar-refractivity contribution in [3.8, 4) is 11.8 Å². The van der Waals surface area contributed by atoms with E-state index in [2.05, 4.69) is 0 Å². The van der Waals surface area contributed by atoms with Gasteiger partial charge in [0.1, 0.15) is 5.75 Å². The summed E-state index contributed by atoms with van der Waals surface area (Å²) in [6, 6.07) is 11.7. The summed E-state index contributed by atoms with van der Waals surface area (Å²) in [6.45, 7) is 0. The van der Waals surface area contributed by atoms with Crippen LogP contribution in [0.4, 0.5) is 5.69 Å². The first-order valence-corrected chi connectivity index (χ1v) is 7.62. The monoisotopic (exact) mass is 334 g/mol. The van der Waals surface area contributed by atoms with Gasteiger partial charge in [0.15, 0.2) is 11.0 Å². The second-order valence-corrected chi connectivity index (χ2v) is 5.85. The third-order valence-corrected chi connectivity index (χ3v) is 4.15. The maximum Gasteiger partial charge on any atom is 0.346 e. The predicted octanol–water partition coefficient (Wildman–Crippen LogP) is 1.92. The first-order valence-electron chi connectivity index (χ1n) is 6.21. The molecule has 9 heteroatoms. The molecule has 2 aromatic carbocycles. The van der Waals surface area contributed by atoms with Gasteiger partial charge in [-0.15, -0.1) is 0 Å². The highest BCUT2D eigenvalue weighted by atomic mass is 32.2. The van der Waals surface area contributed by atoms with Crippen LogP contribution >= 0.6 is 0 Å². The molecule has 2 aromatic rings. The fourth-order valence-corrected chi connectivity index (χ4v) is 2.96. The summed E-state index contributed by atoms with van der Waals surface area (Å²) in [5, 5.41) is 29.3. The highest BCUT2D eigenvalue weighted by molar-refractivity contribution is 7.87. The predicted molar refractivity (Wildman–Crippen MR) is 77.9 cm³/mol. The first kappa shape index (κ1) is 16.4. The van der Waals surface area contributed by atoms with Crippen molar-refractivity contribution in [2.45, 2.75) is 11.0 Å². The number of nitro benzene ring substituents is 1. The fraction of sp³-hybridized carbons (Fsp3) is 0.0714. The van der Waals surface area contributed by atoms with Gasteiger partial charge in [-0.25, -0.2) is 0 Å². The average molecular weight is 334 g/mol. The van der Waals surface area contributed by atoms with Crippen LogP contribution in [0.3, 0.4) is 0 Å². The SMILES string of the molecule is N#CC(O)c1ccccc1OS(=O)(=O)c1ccccc1[N+](=O)[O-]. The molecule has 0 aromatic heterocycles. The molecule has 0 amide bonds. The molecule has 2 rings (SSSR count). The lowest BCUT2D eigenvalue weighted by atomic mass is 10.1. The second kappa shape index (κ2) is 6.43. The van der Waals surface area contributed by atoms with Gasteiger partial charge in [0.05, 0.1) is 11.0 Å². The summed E-state index contributed by atoms with van der Waals surface area (Å²) < 4.78 is 29.5. The number of hydrogen-bond acceptors (Lipinski definition) is 7. The molecular weight excluding hydrogens is 324 g/mol. The van der Waals surface area contributed by atoms with Crippen LogP contribution in [0.15, 0.2) is 53.4 Å². The summed E-state index contributed by atoms with van der Waals surface area (Å²) in [7, 11) is -4.52. The zero-order valence-electron chi connectivity index (χ0n) is 11.5. The summed E-state index contributed by atoms with van der Waals surface area (Å²) in [4.78, 5) is 9.48. The third kappa shape index (κ3) is 3.45. The van der Waals surface area contributed by atoms with Crippen LogP contribution in [-0.2, 0) is 10.1 Å². The number of nitro groups is 1. The number of aliphatic hydroxyl groups is 1. The van der Waals surface area contributed by atoms with Crippen LogP contribution in [0.2, 0.25) is 0 Å². The fourth-order valence-electron chi connectivity index (χ4n) is 1.83. The molecular formula is C14H10N2O6S. The summed E-state index contributed by atoms with van der Waals surface area (Å²) in [5.74, 6) is -0.278. The van der Waals surface area contributed by atoms with Crippen LogP contribution in [-0.4, -0.2) is 18.4 Å². The maximum atomic E-state index is 12.3. The van der Waals surface area contributed by atoms with E-state index < -0.39 is 31.7 Å². The number of aliphatic hydroxyl groups excluding tert-OH is 1. The minimum absolute atomic E-state index is 0.0582. The Balaban J connectivity index is 2.49. The lowest BCUT2D eigenvalue weighted by molar-refractivity contribution is -0.387. The van der Waals surface area contributed by atoms with Gasteiger partial charge < -0.3 is 9.29 Å². The number of nitrogens with zero attached hydrogens (tertiary/aromatic N) is 2. The van der Waals surface area contributed by atoms with Crippen molar-refractivity contribution in [2.75, 3.05) is 0 Å². The molecule has 0 heterocycles. The van der Waals surface area contributed by atoms with E-state index in [4.69, 9.17) is 9.44 Å². The van der Waals surface area contributed by atoms with Crippen LogP contribution in [0.5, 0.6) is 5.75 Å². The molecule has 0 radical (unpaired) electrons. The van der Waals surface area contributed by atoms with E-state index in [-0.39, 0.29) is 11.3 Å². The van der Waals surface area contributed by atoms with Crippen LogP contribution in [0.25, 0.3) is 0 Å². The molecule has 0 fully saturated rings. The molecule has 0 aliphatic carbocycles. The van der Waals surface area contributed by atoms with Gasteiger partial charge in [-0.05, 0) is 12.1 Å². The number of hydrogen-bond donors (Lipinski definition) is 1. The van der Waals surface area contributed by atoms with E-state index in [0.29, 0.717) is 0 Å². The lowest BCUT2D eigenvalue weighted by Crippen LogP contribution is -2.13. The van der Waals surface area contributed by atoms with E-state index in [1.165, 1.54) is 36.4 Å². The van der Waals surface area contributed by atoms with Crippen molar-refractivity contribution in [3.05, 3.63) is 64.2 Å². The molecule has 0 spiro atoms. The Morgan fingerprint density at radius 1 is 1.17 bits per heavy atom. The second-order valence-electron chi connectivity index (χ2n) is 4.33. The Hall–Kier alpha value is -2.96. The molecule has 1 N–H and O–H groups in total. The molecule has 0 bridgehead atoms. The van der Waals surface area contributed by atoms with Crippen molar-refractivity contribution in [2.24, 2.45) is 0 Å². The minimum Gasteiger partial charge on any atom is -0.378 e. The number of rotatable bonds is 5. The highest BCUT2D eigenvalue weighted by Crippen LogP contribution is 2.30. The molecule has 1 atom stereocenters. The number of para-hydroxylation sites is 2. The van der Waals surface area contributed by atoms with Gasteiger partial charge in [0.2, 0.25) is 0 Å². The van der Waals surface area contributed by atoms with E-state index in [0.717, 1.165) is 12.1 Å². The van der Waals surface area contributed by atoms with E-state index >= 15 is 0 Å². The standard InChI is InChI=1S/C14H10N2O6S/c15-9-12(17)10-5-1-3-7-13(10)22-23(20,21)14-8-4-2-6-11(14)16(18)19/h1-8,12,17H. The first-order chi connectivity index (χ1) is 10.9. The Morgan fingerprint density at radius 2 is 1.78 bits per heavy atom. The normalized spacial score (nSPS) is 12.2.